The van der Waals surface area contributed by atoms with E-state index in [0.717, 1.165) is 0 Å². The van der Waals surface area contributed by atoms with Gasteiger partial charge in [0.1, 0.15) is 6.04 Å². The predicted octanol–water partition coefficient (Wildman–Crippen LogP) is -0.864. The van der Waals surface area contributed by atoms with Gasteiger partial charge in [-0.1, -0.05) is 6.92 Å². The van der Waals surface area contributed by atoms with Crippen molar-refractivity contribution in [2.24, 2.45) is 5.92 Å². The maximum absolute atomic E-state index is 12.3. The molecule has 0 N–H and O–H groups in total. The molecule has 0 bridgehead atoms. The Balaban J connectivity index is 0.000000677. The summed E-state index contributed by atoms with van der Waals surface area (Å²) >= 11 is 5.30. The van der Waals surface area contributed by atoms with Gasteiger partial charge in [-0.25, -0.2) is 0 Å². The van der Waals surface area contributed by atoms with Crippen LogP contribution in [0.2, 0.25) is 0 Å². The standard InChI is InChI=1S/C13H23N3O2.I3/c1-7-8(2)15(6)12(17)10(4)16-11(7)14(5)9(3)13(16)18;1-3-2/h7-11H,1-6H3;/q;-1. The van der Waals surface area contributed by atoms with Gasteiger partial charge in [-0.15, -0.1) is 0 Å². The summed E-state index contributed by atoms with van der Waals surface area (Å²) in [5, 5.41) is 0. The van der Waals surface area contributed by atoms with Crippen LogP contribution in [0, 0.1) is 5.92 Å². The van der Waals surface area contributed by atoms with E-state index in [9.17, 15) is 9.59 Å². The molecule has 2 saturated heterocycles. The first-order valence-corrected chi connectivity index (χ1v) is 19.5. The van der Waals surface area contributed by atoms with Crippen molar-refractivity contribution in [3.63, 3.8) is 0 Å². The minimum absolute atomic E-state index is 0.0198. The van der Waals surface area contributed by atoms with E-state index in [4.69, 9.17) is 0 Å². The number of likely N-dealkylation sites (N-methyl/N-ethyl adjacent to an activating group) is 2. The molecule has 2 aliphatic heterocycles. The summed E-state index contributed by atoms with van der Waals surface area (Å²) in [6, 6.07) is -0.369. The van der Waals surface area contributed by atoms with E-state index in [2.05, 4.69) is 56.0 Å². The first-order chi connectivity index (χ1) is 9.70. The quantitative estimate of drug-likeness (QED) is 0.326. The van der Waals surface area contributed by atoms with E-state index in [-0.39, 0.29) is 42.0 Å². The number of hydrogen-bond acceptors (Lipinski definition) is 3. The Morgan fingerprint density at radius 2 is 1.43 bits per heavy atom. The van der Waals surface area contributed by atoms with Gasteiger partial charge in [0, 0.05) is 19.0 Å². The number of nitrogens with zero attached hydrogens (tertiary/aromatic N) is 3. The SMILES string of the molecule is CC1C(C)N(C)C(=O)C(C)N2C(=O)C(C)N(C)C12.I[I-]I. The van der Waals surface area contributed by atoms with E-state index in [1.165, 1.54) is 0 Å². The van der Waals surface area contributed by atoms with Crippen LogP contribution in [0.1, 0.15) is 27.7 Å². The van der Waals surface area contributed by atoms with Crippen LogP contribution < -0.4 is 13.3 Å². The van der Waals surface area contributed by atoms with Gasteiger partial charge in [-0.3, -0.25) is 14.5 Å². The number of halogens is 3. The molecule has 0 saturated carbocycles. The number of carbonyl (C=O) groups is 2. The monoisotopic (exact) mass is 634 g/mol. The van der Waals surface area contributed by atoms with Crippen LogP contribution in [-0.4, -0.2) is 64.9 Å². The van der Waals surface area contributed by atoms with Gasteiger partial charge in [-0.05, 0) is 27.8 Å². The molecule has 5 nitrogen and oxygen atoms in total. The normalized spacial score (nSPS) is 37.2. The van der Waals surface area contributed by atoms with E-state index in [1.54, 1.807) is 9.80 Å². The number of hydrogen-bond donors (Lipinski definition) is 0. The Morgan fingerprint density at radius 3 is 1.90 bits per heavy atom. The summed E-state index contributed by atoms with van der Waals surface area (Å²) < 4.78 is 0. The molecule has 2 heterocycles. The zero-order chi connectivity index (χ0) is 16.5. The molecule has 0 aromatic heterocycles. The number of rotatable bonds is 0. The summed E-state index contributed by atoms with van der Waals surface area (Å²) in [7, 11) is 3.80. The molecular formula is C13H23I3N3O2-. The van der Waals surface area contributed by atoms with Gasteiger partial charge >= 0.3 is 50.5 Å². The Hall–Kier alpha value is 1.09. The van der Waals surface area contributed by atoms with Crippen molar-refractivity contribution in [2.75, 3.05) is 14.1 Å². The molecule has 2 amide bonds. The molecule has 2 aliphatic rings. The summed E-state index contributed by atoms with van der Waals surface area (Å²) in [6.45, 7) is 7.92. The minimum atomic E-state index is -0.368. The Bertz CT molecular complexity index is 408. The van der Waals surface area contributed by atoms with Gasteiger partial charge in [0.25, 0.3) is 0 Å². The number of fused-ring (bicyclic) bond motifs is 1. The number of amides is 2. The van der Waals surface area contributed by atoms with E-state index in [0.29, 0.717) is 13.3 Å². The van der Waals surface area contributed by atoms with Crippen molar-refractivity contribution in [1.29, 1.82) is 0 Å². The van der Waals surface area contributed by atoms with Crippen LogP contribution in [0.3, 0.4) is 0 Å². The maximum atomic E-state index is 12.3. The second-order valence-corrected chi connectivity index (χ2v) is 22.0. The molecule has 8 heteroatoms. The topological polar surface area (TPSA) is 43.9 Å². The summed E-state index contributed by atoms with van der Waals surface area (Å²) in [6.07, 6.45) is 0.0198. The van der Waals surface area contributed by atoms with Crippen molar-refractivity contribution in [1.82, 2.24) is 14.7 Å². The van der Waals surface area contributed by atoms with E-state index in [1.807, 2.05) is 27.9 Å². The number of carbonyl (C=O) groups excluding carboxylic acids is 2. The fraction of sp³-hybridized carbons (Fsp3) is 0.846. The van der Waals surface area contributed by atoms with E-state index < -0.39 is 0 Å². The van der Waals surface area contributed by atoms with Gasteiger partial charge in [-0.2, -0.15) is 0 Å². The molecule has 0 aliphatic carbocycles. The van der Waals surface area contributed by atoms with Crippen LogP contribution in [0.15, 0.2) is 0 Å². The van der Waals surface area contributed by atoms with Crippen LogP contribution in [-0.2, 0) is 9.59 Å². The average molecular weight is 634 g/mol. The Labute approximate surface area is 157 Å². The Morgan fingerprint density at radius 1 is 0.952 bits per heavy atom. The van der Waals surface area contributed by atoms with Gasteiger partial charge in [0.05, 0.1) is 12.2 Å². The van der Waals surface area contributed by atoms with Crippen LogP contribution in [0.25, 0.3) is 0 Å². The average Bonchev–Trinajstić information content (AvgIpc) is 2.65. The molecule has 0 radical (unpaired) electrons. The van der Waals surface area contributed by atoms with Crippen molar-refractivity contribution >= 4 is 49.0 Å². The van der Waals surface area contributed by atoms with Crippen molar-refractivity contribution < 1.29 is 22.8 Å². The first kappa shape index (κ1) is 20.1. The molecule has 0 aromatic rings. The summed E-state index contributed by atoms with van der Waals surface area (Å²) in [5.74, 6) is 0.341. The molecule has 124 valence electrons. The fourth-order valence-corrected chi connectivity index (χ4v) is 3.21. The van der Waals surface area contributed by atoms with Crippen molar-refractivity contribution in [2.45, 2.75) is 52.0 Å². The van der Waals surface area contributed by atoms with Crippen LogP contribution in [0.5, 0.6) is 0 Å². The van der Waals surface area contributed by atoms with Crippen molar-refractivity contribution in [3.8, 4) is 0 Å². The van der Waals surface area contributed by atoms with Gasteiger partial charge < -0.3 is 9.80 Å². The second kappa shape index (κ2) is 8.27. The molecule has 5 atom stereocenters. The van der Waals surface area contributed by atoms with Gasteiger partial charge in [0.2, 0.25) is 11.8 Å². The molecule has 0 spiro atoms. The summed E-state index contributed by atoms with van der Waals surface area (Å²) in [4.78, 5) is 30.3. The van der Waals surface area contributed by atoms with Crippen LogP contribution >= 0.6 is 37.2 Å². The predicted molar refractivity (Wildman–Crippen MR) is 96.8 cm³/mol. The molecule has 5 unspecified atom stereocenters. The molecular weight excluding hydrogens is 611 g/mol. The molecule has 0 aromatic carbocycles. The van der Waals surface area contributed by atoms with E-state index >= 15 is 0 Å². The molecule has 2 rings (SSSR count). The van der Waals surface area contributed by atoms with Crippen molar-refractivity contribution in [3.05, 3.63) is 0 Å². The molecule has 2 fully saturated rings. The third kappa shape index (κ3) is 3.78. The third-order valence-corrected chi connectivity index (χ3v) is 4.89. The second-order valence-electron chi connectivity index (χ2n) is 5.78. The van der Waals surface area contributed by atoms with Crippen LogP contribution in [0.4, 0.5) is 0 Å². The fourth-order valence-electron chi connectivity index (χ4n) is 3.21. The van der Waals surface area contributed by atoms with Gasteiger partial charge in [0.15, 0.2) is 0 Å². The molecule has 21 heavy (non-hydrogen) atoms. The Kier molecular flexibility index (Phi) is 7.93. The zero-order valence-corrected chi connectivity index (χ0v) is 19.7. The third-order valence-electron chi connectivity index (χ3n) is 4.89. The zero-order valence-electron chi connectivity index (χ0n) is 13.2. The summed E-state index contributed by atoms with van der Waals surface area (Å²) in [5.41, 5.74) is 0. The first-order valence-electron chi connectivity index (χ1n) is 6.88.